The molecule has 2 heteroatoms. The molecule has 0 aromatic carbocycles. The Labute approximate surface area is 54.4 Å². The summed E-state index contributed by atoms with van der Waals surface area (Å²) in [6.07, 6.45) is 0. The van der Waals surface area contributed by atoms with Crippen LogP contribution < -0.4 is 0 Å². The van der Waals surface area contributed by atoms with E-state index in [0.29, 0.717) is 0 Å². The first-order valence-electron chi connectivity index (χ1n) is 3.27. The van der Waals surface area contributed by atoms with Crippen molar-refractivity contribution in [3.8, 4) is 0 Å². The van der Waals surface area contributed by atoms with Gasteiger partial charge in [-0.2, -0.15) is 0 Å². The Hall–Kier alpha value is 0.177. The number of hydrogen-bond acceptors (Lipinski definition) is 1. The zero-order chi connectivity index (χ0) is 6.73. The van der Waals surface area contributed by atoms with Crippen LogP contribution in [0.25, 0.3) is 0 Å². The van der Waals surface area contributed by atoms with Crippen LogP contribution >= 0.6 is 0 Å². The zero-order valence-electron chi connectivity index (χ0n) is 6.60. The lowest BCUT2D eigenvalue weighted by molar-refractivity contribution is 0.433. The summed E-state index contributed by atoms with van der Waals surface area (Å²) in [5.74, 6) is 0. The number of rotatable bonds is 2. The summed E-state index contributed by atoms with van der Waals surface area (Å²) in [4.78, 5) is 0. The summed E-state index contributed by atoms with van der Waals surface area (Å²) < 4.78 is 2.47. The van der Waals surface area contributed by atoms with Crippen LogP contribution in [0.4, 0.5) is 0 Å². The lowest BCUT2D eigenvalue weighted by Crippen LogP contribution is -2.36. The summed E-state index contributed by atoms with van der Waals surface area (Å²) in [5.41, 5.74) is 0. The van der Waals surface area contributed by atoms with Gasteiger partial charge in [-0.05, 0) is 13.1 Å². The SMILES string of the molecule is CC(C)N(C)[SiH](C)C. The predicted molar refractivity (Wildman–Crippen MR) is 41.8 cm³/mol. The molecule has 50 valence electrons. The van der Waals surface area contributed by atoms with E-state index < -0.39 is 8.96 Å². The summed E-state index contributed by atoms with van der Waals surface area (Å²) >= 11 is 0. The van der Waals surface area contributed by atoms with Gasteiger partial charge < -0.3 is 4.57 Å². The molecule has 0 aromatic heterocycles. The Morgan fingerprint density at radius 3 is 1.62 bits per heavy atom. The van der Waals surface area contributed by atoms with Gasteiger partial charge in [0.2, 0.25) is 0 Å². The Balaban J connectivity index is 3.46. The molecule has 0 saturated carbocycles. The molecule has 0 fully saturated rings. The number of hydrogen-bond donors (Lipinski definition) is 0. The minimum Gasteiger partial charge on any atom is -0.327 e. The molecule has 1 nitrogen and oxygen atoms in total. The van der Waals surface area contributed by atoms with E-state index in [9.17, 15) is 0 Å². The standard InChI is InChI=1S/C6H17NSi/c1-6(2)7(3)8(4)5/h6,8H,1-5H3. The fourth-order valence-electron chi connectivity index (χ4n) is 0.596. The third kappa shape index (κ3) is 2.48. The highest BCUT2D eigenvalue weighted by atomic mass is 28.3. The molecule has 0 radical (unpaired) electrons. The van der Waals surface area contributed by atoms with Crippen LogP contribution in [0.1, 0.15) is 13.8 Å². The molecule has 0 spiro atoms. The van der Waals surface area contributed by atoms with E-state index >= 15 is 0 Å². The highest BCUT2D eigenvalue weighted by molar-refractivity contribution is 6.52. The van der Waals surface area contributed by atoms with Crippen LogP contribution in [-0.4, -0.2) is 26.6 Å². The molecule has 0 aliphatic rings. The first kappa shape index (κ1) is 8.18. The normalized spacial score (nSPS) is 12.0. The lowest BCUT2D eigenvalue weighted by atomic mass is 10.4. The van der Waals surface area contributed by atoms with Crippen molar-refractivity contribution in [1.29, 1.82) is 0 Å². The Kier molecular flexibility index (Phi) is 3.32. The molecular weight excluding hydrogens is 114 g/mol. The molecule has 0 saturated heterocycles. The molecule has 0 unspecified atom stereocenters. The van der Waals surface area contributed by atoms with Crippen LogP contribution in [0.15, 0.2) is 0 Å². The molecule has 0 aromatic rings. The maximum absolute atomic E-state index is 2.47. The van der Waals surface area contributed by atoms with Crippen LogP contribution in [0, 0.1) is 0 Å². The van der Waals surface area contributed by atoms with Gasteiger partial charge in [0.05, 0.1) is 0 Å². The van der Waals surface area contributed by atoms with Gasteiger partial charge in [-0.3, -0.25) is 0 Å². The molecule has 0 aliphatic heterocycles. The molecule has 0 aliphatic carbocycles. The highest BCUT2D eigenvalue weighted by Crippen LogP contribution is 1.95. The zero-order valence-corrected chi connectivity index (χ0v) is 7.76. The second kappa shape index (κ2) is 3.25. The molecule has 0 heterocycles. The van der Waals surface area contributed by atoms with Crippen molar-refractivity contribution < 1.29 is 0 Å². The van der Waals surface area contributed by atoms with Crippen LogP contribution in [0.5, 0.6) is 0 Å². The fraction of sp³-hybridized carbons (Fsp3) is 1.00. The van der Waals surface area contributed by atoms with Gasteiger partial charge in [0.1, 0.15) is 8.96 Å². The lowest BCUT2D eigenvalue weighted by Gasteiger charge is -2.24. The topological polar surface area (TPSA) is 3.24 Å². The van der Waals surface area contributed by atoms with Gasteiger partial charge in [0, 0.05) is 0 Å². The van der Waals surface area contributed by atoms with Crippen molar-refractivity contribution in [3.05, 3.63) is 0 Å². The summed E-state index contributed by atoms with van der Waals surface area (Å²) in [6.45, 7) is 9.18. The minimum absolute atomic E-state index is 0.489. The number of nitrogens with zero attached hydrogens (tertiary/aromatic N) is 1. The van der Waals surface area contributed by atoms with Crippen LogP contribution in [0.3, 0.4) is 0 Å². The van der Waals surface area contributed by atoms with E-state index in [1.54, 1.807) is 0 Å². The average molecular weight is 131 g/mol. The molecular formula is C6H17NSi. The molecule has 0 rings (SSSR count). The van der Waals surface area contributed by atoms with E-state index in [1.807, 2.05) is 0 Å². The molecule has 0 atom stereocenters. The molecule has 0 bridgehead atoms. The molecule has 0 N–H and O–H groups in total. The van der Waals surface area contributed by atoms with E-state index in [1.165, 1.54) is 0 Å². The second-order valence-electron chi connectivity index (χ2n) is 2.85. The first-order valence-corrected chi connectivity index (χ1v) is 6.10. The third-order valence-corrected chi connectivity index (χ3v) is 3.85. The summed E-state index contributed by atoms with van der Waals surface area (Å²) in [5, 5.41) is 0. The van der Waals surface area contributed by atoms with Crippen molar-refractivity contribution in [2.45, 2.75) is 33.0 Å². The molecule has 8 heavy (non-hydrogen) atoms. The molecule has 0 amide bonds. The van der Waals surface area contributed by atoms with Crippen molar-refractivity contribution in [1.82, 2.24) is 4.57 Å². The Bertz CT molecular complexity index is 53.5. The van der Waals surface area contributed by atoms with Crippen molar-refractivity contribution in [2.24, 2.45) is 0 Å². The van der Waals surface area contributed by atoms with E-state index in [0.717, 1.165) is 6.04 Å². The van der Waals surface area contributed by atoms with Crippen molar-refractivity contribution in [3.63, 3.8) is 0 Å². The van der Waals surface area contributed by atoms with E-state index in [-0.39, 0.29) is 0 Å². The van der Waals surface area contributed by atoms with Crippen LogP contribution in [-0.2, 0) is 0 Å². The largest absolute Gasteiger partial charge is 0.327 e. The smallest absolute Gasteiger partial charge is 0.105 e. The average Bonchev–Trinajstić information content (AvgIpc) is 1.64. The fourth-order valence-corrected chi connectivity index (χ4v) is 1.79. The Morgan fingerprint density at radius 1 is 1.25 bits per heavy atom. The van der Waals surface area contributed by atoms with Gasteiger partial charge in [-0.15, -0.1) is 0 Å². The third-order valence-electron chi connectivity index (χ3n) is 1.63. The predicted octanol–water partition coefficient (Wildman–Crippen LogP) is 1.31. The van der Waals surface area contributed by atoms with Crippen molar-refractivity contribution in [2.75, 3.05) is 7.05 Å². The Morgan fingerprint density at radius 2 is 1.62 bits per heavy atom. The van der Waals surface area contributed by atoms with Gasteiger partial charge in [-0.1, -0.05) is 26.9 Å². The van der Waals surface area contributed by atoms with Gasteiger partial charge in [0.25, 0.3) is 0 Å². The monoisotopic (exact) mass is 131 g/mol. The van der Waals surface area contributed by atoms with Gasteiger partial charge >= 0.3 is 0 Å². The van der Waals surface area contributed by atoms with Crippen LogP contribution in [0.2, 0.25) is 13.1 Å². The van der Waals surface area contributed by atoms with E-state index in [2.05, 4.69) is 38.6 Å². The van der Waals surface area contributed by atoms with E-state index in [4.69, 9.17) is 0 Å². The maximum Gasteiger partial charge on any atom is 0.105 e. The highest BCUT2D eigenvalue weighted by Gasteiger charge is 2.06. The van der Waals surface area contributed by atoms with Gasteiger partial charge in [0.15, 0.2) is 0 Å². The quantitative estimate of drug-likeness (QED) is 0.511. The first-order chi connectivity index (χ1) is 3.55. The minimum atomic E-state index is -0.489. The maximum atomic E-state index is 2.47. The second-order valence-corrected chi connectivity index (χ2v) is 5.86. The summed E-state index contributed by atoms with van der Waals surface area (Å²) in [6, 6.07) is 0.738. The van der Waals surface area contributed by atoms with Crippen molar-refractivity contribution >= 4 is 8.96 Å². The van der Waals surface area contributed by atoms with Gasteiger partial charge in [-0.25, -0.2) is 0 Å². The summed E-state index contributed by atoms with van der Waals surface area (Å²) in [7, 11) is 1.72.